The first kappa shape index (κ1) is 22.6. The monoisotopic (exact) mass is 504 g/mol. The molecule has 0 saturated carbocycles. The van der Waals surface area contributed by atoms with Crippen molar-refractivity contribution in [3.8, 4) is 5.75 Å². The molecule has 1 saturated heterocycles. The Labute approximate surface area is 211 Å². The normalized spacial score (nSPS) is 23.1. The highest BCUT2D eigenvalue weighted by atomic mass is 32.2. The van der Waals surface area contributed by atoms with Crippen LogP contribution in [0.3, 0.4) is 0 Å². The van der Waals surface area contributed by atoms with E-state index in [2.05, 4.69) is 46.5 Å². The fourth-order valence-electron chi connectivity index (χ4n) is 5.22. The summed E-state index contributed by atoms with van der Waals surface area (Å²) < 4.78 is 35.0. The molecule has 0 aromatic heterocycles. The van der Waals surface area contributed by atoms with Gasteiger partial charge < -0.3 is 10.1 Å². The zero-order valence-corrected chi connectivity index (χ0v) is 21.1. The Morgan fingerprint density at radius 3 is 2.60 bits per heavy atom. The minimum atomic E-state index is -3.69. The summed E-state index contributed by atoms with van der Waals surface area (Å²) >= 11 is 1.91. The average molecular weight is 505 g/mol. The smallest absolute Gasteiger partial charge is 0.261 e. The molecule has 0 bridgehead atoms. The van der Waals surface area contributed by atoms with Gasteiger partial charge in [-0.2, -0.15) is 11.8 Å². The fourth-order valence-corrected chi connectivity index (χ4v) is 6.87. The van der Waals surface area contributed by atoms with Crippen molar-refractivity contribution in [1.82, 2.24) is 0 Å². The van der Waals surface area contributed by atoms with Gasteiger partial charge in [0.2, 0.25) is 0 Å². The molecule has 5 nitrogen and oxygen atoms in total. The number of benzene rings is 3. The van der Waals surface area contributed by atoms with Crippen LogP contribution in [0.1, 0.15) is 35.1 Å². The second-order valence-electron chi connectivity index (χ2n) is 9.55. The van der Waals surface area contributed by atoms with Crippen molar-refractivity contribution in [2.45, 2.75) is 36.3 Å². The Kier molecular flexibility index (Phi) is 5.77. The van der Waals surface area contributed by atoms with Crippen molar-refractivity contribution in [3.63, 3.8) is 0 Å². The van der Waals surface area contributed by atoms with Crippen LogP contribution in [0.5, 0.6) is 5.75 Å². The standard InChI is InChI=1S/C28H28N2O3S2/c1-18-4-2-5-20(14-18)30-35(31,32)23-12-13-27-26(15-23)24-6-3-7-25(24)28(29-27)19-8-10-21(11-9-19)33-22-16-34-17-22/h2-6,8-15,22,24-25,28-30H,7,16-17H2,1H3/t24-,25+,28+/m0/s1. The molecule has 7 heteroatoms. The summed E-state index contributed by atoms with van der Waals surface area (Å²) in [5, 5.41) is 3.70. The maximum absolute atomic E-state index is 13.1. The Hall–Kier alpha value is -2.90. The molecule has 0 amide bonds. The van der Waals surface area contributed by atoms with Gasteiger partial charge in [0.1, 0.15) is 11.9 Å². The lowest BCUT2D eigenvalue weighted by Gasteiger charge is -2.38. The van der Waals surface area contributed by atoms with E-state index in [-0.39, 0.29) is 16.9 Å². The number of hydrogen-bond acceptors (Lipinski definition) is 5. The number of rotatable bonds is 6. The topological polar surface area (TPSA) is 67.4 Å². The molecule has 35 heavy (non-hydrogen) atoms. The van der Waals surface area contributed by atoms with Crippen LogP contribution in [0.25, 0.3) is 0 Å². The minimum Gasteiger partial charge on any atom is -0.489 e. The largest absolute Gasteiger partial charge is 0.489 e. The maximum Gasteiger partial charge on any atom is 0.261 e. The van der Waals surface area contributed by atoms with Gasteiger partial charge in [-0.05, 0) is 78.4 Å². The molecule has 0 spiro atoms. The molecule has 180 valence electrons. The van der Waals surface area contributed by atoms with E-state index in [1.165, 1.54) is 5.56 Å². The van der Waals surface area contributed by atoms with Gasteiger partial charge in [-0.25, -0.2) is 8.42 Å². The summed E-state index contributed by atoms with van der Waals surface area (Å²) in [6.45, 7) is 1.94. The van der Waals surface area contributed by atoms with Gasteiger partial charge in [-0.15, -0.1) is 0 Å². The van der Waals surface area contributed by atoms with E-state index in [4.69, 9.17) is 4.74 Å². The average Bonchev–Trinajstić information content (AvgIpc) is 3.31. The van der Waals surface area contributed by atoms with Gasteiger partial charge in [0, 0.05) is 28.8 Å². The predicted molar refractivity (Wildman–Crippen MR) is 143 cm³/mol. The lowest BCUT2D eigenvalue weighted by atomic mass is 9.77. The molecule has 2 aliphatic heterocycles. The van der Waals surface area contributed by atoms with Crippen molar-refractivity contribution in [3.05, 3.63) is 95.6 Å². The molecule has 1 aliphatic carbocycles. The molecule has 3 aromatic carbocycles. The van der Waals surface area contributed by atoms with Crippen molar-refractivity contribution in [1.29, 1.82) is 0 Å². The van der Waals surface area contributed by atoms with Gasteiger partial charge in [0.25, 0.3) is 10.0 Å². The zero-order chi connectivity index (χ0) is 24.0. The molecule has 0 radical (unpaired) electrons. The van der Waals surface area contributed by atoms with Crippen LogP contribution in [0, 0.1) is 12.8 Å². The van der Waals surface area contributed by atoms with Crippen molar-refractivity contribution in [2.75, 3.05) is 21.5 Å². The Morgan fingerprint density at radius 1 is 1.03 bits per heavy atom. The number of anilines is 2. The van der Waals surface area contributed by atoms with E-state index in [0.717, 1.165) is 40.5 Å². The number of fused-ring (bicyclic) bond motifs is 3. The summed E-state index contributed by atoms with van der Waals surface area (Å²) in [7, 11) is -3.69. The first-order valence-corrected chi connectivity index (χ1v) is 14.6. The quantitative estimate of drug-likeness (QED) is 0.396. The minimum absolute atomic E-state index is 0.156. The number of allylic oxidation sites excluding steroid dienone is 2. The summed E-state index contributed by atoms with van der Waals surface area (Å²) in [6.07, 6.45) is 5.74. The van der Waals surface area contributed by atoms with Crippen LogP contribution < -0.4 is 14.8 Å². The summed E-state index contributed by atoms with van der Waals surface area (Å²) in [4.78, 5) is 0.285. The summed E-state index contributed by atoms with van der Waals surface area (Å²) in [5.74, 6) is 3.56. The number of aryl methyl sites for hydroxylation is 1. The van der Waals surface area contributed by atoms with Gasteiger partial charge >= 0.3 is 0 Å². The number of sulfonamides is 1. The van der Waals surface area contributed by atoms with Crippen LogP contribution in [0.4, 0.5) is 11.4 Å². The van der Waals surface area contributed by atoms with Crippen LogP contribution in [0.2, 0.25) is 0 Å². The third-order valence-corrected chi connectivity index (χ3v) is 9.66. The third-order valence-electron chi connectivity index (χ3n) is 7.06. The van der Waals surface area contributed by atoms with Crippen molar-refractivity contribution >= 4 is 33.2 Å². The molecular formula is C28H28N2O3S2. The van der Waals surface area contributed by atoms with E-state index in [1.54, 1.807) is 12.1 Å². The zero-order valence-electron chi connectivity index (χ0n) is 19.5. The molecular weight excluding hydrogens is 476 g/mol. The van der Waals surface area contributed by atoms with Gasteiger partial charge in [0.15, 0.2) is 0 Å². The number of thioether (sulfide) groups is 1. The van der Waals surface area contributed by atoms with Crippen LogP contribution in [-0.2, 0) is 10.0 Å². The molecule has 3 aliphatic rings. The van der Waals surface area contributed by atoms with Crippen LogP contribution in [0.15, 0.2) is 83.8 Å². The number of hydrogen-bond donors (Lipinski definition) is 2. The van der Waals surface area contributed by atoms with Crippen molar-refractivity contribution in [2.24, 2.45) is 5.92 Å². The first-order valence-electron chi connectivity index (χ1n) is 12.0. The second-order valence-corrected chi connectivity index (χ2v) is 12.3. The number of ether oxygens (including phenoxy) is 1. The maximum atomic E-state index is 13.1. The molecule has 2 N–H and O–H groups in total. The van der Waals surface area contributed by atoms with E-state index in [1.807, 2.05) is 49.0 Å². The summed E-state index contributed by atoms with van der Waals surface area (Å²) in [6, 6.07) is 21.4. The molecule has 6 rings (SSSR count). The molecule has 1 fully saturated rings. The van der Waals surface area contributed by atoms with E-state index in [9.17, 15) is 8.42 Å². The van der Waals surface area contributed by atoms with E-state index in [0.29, 0.717) is 17.7 Å². The number of nitrogens with one attached hydrogen (secondary N) is 2. The Bertz CT molecular complexity index is 1380. The van der Waals surface area contributed by atoms with E-state index < -0.39 is 10.0 Å². The highest BCUT2D eigenvalue weighted by Gasteiger charge is 2.38. The summed E-state index contributed by atoms with van der Waals surface area (Å²) in [5.41, 5.74) is 4.83. The predicted octanol–water partition coefficient (Wildman–Crippen LogP) is 6.12. The second kappa shape index (κ2) is 8.95. The lowest BCUT2D eigenvalue weighted by molar-refractivity contribution is 0.240. The van der Waals surface area contributed by atoms with Gasteiger partial charge in [-0.1, -0.05) is 36.4 Å². The highest BCUT2D eigenvalue weighted by molar-refractivity contribution is 8.00. The van der Waals surface area contributed by atoms with Crippen LogP contribution >= 0.6 is 11.8 Å². The molecule has 0 unspecified atom stereocenters. The molecule has 3 atom stereocenters. The highest BCUT2D eigenvalue weighted by Crippen LogP contribution is 2.50. The van der Waals surface area contributed by atoms with Gasteiger partial charge in [-0.3, -0.25) is 4.72 Å². The Balaban J connectivity index is 1.26. The molecule has 3 aromatic rings. The first-order chi connectivity index (χ1) is 17.0. The van der Waals surface area contributed by atoms with E-state index >= 15 is 0 Å². The van der Waals surface area contributed by atoms with Crippen LogP contribution in [-0.4, -0.2) is 26.0 Å². The Morgan fingerprint density at radius 2 is 1.86 bits per heavy atom. The van der Waals surface area contributed by atoms with Crippen molar-refractivity contribution < 1.29 is 13.2 Å². The lowest BCUT2D eigenvalue weighted by Crippen LogP contribution is -2.31. The molecule has 2 heterocycles. The fraction of sp³-hybridized carbons (Fsp3) is 0.286. The third kappa shape index (κ3) is 4.43. The van der Waals surface area contributed by atoms with Gasteiger partial charge in [0.05, 0.1) is 10.9 Å². The SMILES string of the molecule is Cc1cccc(NS(=O)(=O)c2ccc3c(c2)[C@H]2C=CC[C@H]2[C@@H](c2ccc(OC4CSC4)cc2)N3)c1.